The first-order valence-electron chi connectivity index (χ1n) is 5.01. The van der Waals surface area contributed by atoms with Crippen LogP contribution in [0.4, 0.5) is 11.6 Å². The minimum absolute atomic E-state index is 0.0252. The van der Waals surface area contributed by atoms with Gasteiger partial charge < -0.3 is 20.3 Å². The van der Waals surface area contributed by atoms with Crippen LogP contribution < -0.4 is 15.8 Å². The molecule has 6 heteroatoms. The number of benzene rings is 1. The van der Waals surface area contributed by atoms with Gasteiger partial charge in [-0.15, -0.1) is 0 Å². The summed E-state index contributed by atoms with van der Waals surface area (Å²) in [5.74, 6) is 0.714. The van der Waals surface area contributed by atoms with Crippen molar-refractivity contribution in [3.63, 3.8) is 0 Å². The Bertz CT molecular complexity index is 591. The second-order valence-electron chi connectivity index (χ2n) is 3.66. The molecular weight excluding hydrogens is 222 g/mol. The van der Waals surface area contributed by atoms with E-state index in [4.69, 9.17) is 15.0 Å². The predicted molar refractivity (Wildman–Crippen MR) is 60.5 cm³/mol. The lowest BCUT2D eigenvalue weighted by molar-refractivity contribution is -0.118. The number of nitrogens with one attached hydrogen (secondary N) is 1. The number of nitrogens with two attached hydrogens (primary N) is 1. The van der Waals surface area contributed by atoms with E-state index in [1.807, 2.05) is 6.07 Å². The second kappa shape index (κ2) is 3.51. The summed E-state index contributed by atoms with van der Waals surface area (Å²) in [4.78, 5) is 11.1. The van der Waals surface area contributed by atoms with Crippen molar-refractivity contribution in [1.29, 1.82) is 0 Å². The highest BCUT2D eigenvalue weighted by atomic mass is 16.5. The molecule has 0 unspecified atom stereocenters. The van der Waals surface area contributed by atoms with Crippen molar-refractivity contribution in [2.75, 3.05) is 17.7 Å². The molecular formula is C11H9N3O3. The number of rotatable bonds is 1. The molecule has 0 radical (unpaired) electrons. The van der Waals surface area contributed by atoms with Crippen LogP contribution >= 0.6 is 0 Å². The van der Waals surface area contributed by atoms with Crippen LogP contribution in [0.25, 0.3) is 11.3 Å². The number of amides is 1. The zero-order chi connectivity index (χ0) is 11.8. The molecule has 6 nitrogen and oxygen atoms in total. The smallest absolute Gasteiger partial charge is 0.262 e. The summed E-state index contributed by atoms with van der Waals surface area (Å²) in [5, 5.41) is 6.52. The summed E-state index contributed by atoms with van der Waals surface area (Å²) >= 11 is 0. The van der Waals surface area contributed by atoms with Crippen LogP contribution in [-0.4, -0.2) is 17.7 Å². The van der Waals surface area contributed by atoms with Gasteiger partial charge in [0.1, 0.15) is 11.4 Å². The first kappa shape index (κ1) is 9.71. The Morgan fingerprint density at radius 1 is 1.35 bits per heavy atom. The Kier molecular flexibility index (Phi) is 2.01. The fourth-order valence-corrected chi connectivity index (χ4v) is 1.66. The first-order valence-corrected chi connectivity index (χ1v) is 5.01. The van der Waals surface area contributed by atoms with E-state index in [1.54, 1.807) is 18.2 Å². The molecule has 86 valence electrons. The molecule has 1 aromatic carbocycles. The summed E-state index contributed by atoms with van der Waals surface area (Å²) in [7, 11) is 0. The van der Waals surface area contributed by atoms with Gasteiger partial charge in [-0.05, 0) is 12.1 Å². The van der Waals surface area contributed by atoms with Crippen LogP contribution in [0, 0.1) is 0 Å². The van der Waals surface area contributed by atoms with E-state index in [1.165, 1.54) is 0 Å². The van der Waals surface area contributed by atoms with Crippen LogP contribution in [0.2, 0.25) is 0 Å². The SMILES string of the molecule is Nc1cc(-c2ccc3c(c2)OCC(=O)N3)no1. The molecule has 2 aromatic rings. The summed E-state index contributed by atoms with van der Waals surface area (Å²) in [5.41, 5.74) is 7.56. The Morgan fingerprint density at radius 3 is 3.00 bits per heavy atom. The molecule has 0 saturated carbocycles. The largest absolute Gasteiger partial charge is 0.482 e. The van der Waals surface area contributed by atoms with Gasteiger partial charge in [-0.1, -0.05) is 11.2 Å². The minimum atomic E-state index is -0.157. The lowest BCUT2D eigenvalue weighted by atomic mass is 10.1. The van der Waals surface area contributed by atoms with Gasteiger partial charge in [-0.2, -0.15) is 0 Å². The summed E-state index contributed by atoms with van der Waals surface area (Å²) in [6, 6.07) is 6.98. The Balaban J connectivity index is 2.01. The van der Waals surface area contributed by atoms with Gasteiger partial charge in [0.15, 0.2) is 6.61 Å². The number of aromatic nitrogens is 1. The number of hydrogen-bond donors (Lipinski definition) is 2. The number of hydrogen-bond acceptors (Lipinski definition) is 5. The van der Waals surface area contributed by atoms with Crippen molar-refractivity contribution in [3.8, 4) is 17.0 Å². The van der Waals surface area contributed by atoms with Crippen molar-refractivity contribution in [2.45, 2.75) is 0 Å². The van der Waals surface area contributed by atoms with Gasteiger partial charge in [0.05, 0.1) is 5.69 Å². The monoisotopic (exact) mass is 231 g/mol. The molecule has 1 aliphatic heterocycles. The topological polar surface area (TPSA) is 90.4 Å². The van der Waals surface area contributed by atoms with Crippen molar-refractivity contribution in [3.05, 3.63) is 24.3 Å². The number of anilines is 2. The van der Waals surface area contributed by atoms with E-state index < -0.39 is 0 Å². The highest BCUT2D eigenvalue weighted by Gasteiger charge is 2.17. The maximum Gasteiger partial charge on any atom is 0.262 e. The normalized spacial score (nSPS) is 13.8. The van der Waals surface area contributed by atoms with E-state index in [2.05, 4.69) is 10.5 Å². The maximum atomic E-state index is 11.1. The Labute approximate surface area is 96.3 Å². The van der Waals surface area contributed by atoms with E-state index in [0.29, 0.717) is 17.1 Å². The zero-order valence-electron chi connectivity index (χ0n) is 8.77. The third-order valence-electron chi connectivity index (χ3n) is 2.44. The molecule has 1 amide bonds. The Hall–Kier alpha value is -2.50. The van der Waals surface area contributed by atoms with Crippen molar-refractivity contribution in [1.82, 2.24) is 5.16 Å². The number of carbonyl (C=O) groups is 1. The van der Waals surface area contributed by atoms with Crippen molar-refractivity contribution in [2.24, 2.45) is 0 Å². The highest BCUT2D eigenvalue weighted by Crippen LogP contribution is 2.32. The summed E-state index contributed by atoms with van der Waals surface area (Å²) in [6.07, 6.45) is 0. The average Bonchev–Trinajstić information content (AvgIpc) is 2.75. The molecule has 3 rings (SSSR count). The molecule has 0 spiro atoms. The quantitative estimate of drug-likeness (QED) is 0.770. The average molecular weight is 231 g/mol. The molecule has 3 N–H and O–H groups in total. The molecule has 17 heavy (non-hydrogen) atoms. The van der Waals surface area contributed by atoms with E-state index in [0.717, 1.165) is 5.56 Å². The first-order chi connectivity index (χ1) is 8.22. The van der Waals surface area contributed by atoms with Crippen LogP contribution in [0.1, 0.15) is 0 Å². The lowest BCUT2D eigenvalue weighted by Gasteiger charge is -2.17. The van der Waals surface area contributed by atoms with E-state index >= 15 is 0 Å². The number of ether oxygens (including phenoxy) is 1. The van der Waals surface area contributed by atoms with Crippen molar-refractivity contribution >= 4 is 17.5 Å². The van der Waals surface area contributed by atoms with Gasteiger partial charge in [0.2, 0.25) is 5.88 Å². The van der Waals surface area contributed by atoms with Gasteiger partial charge in [0.25, 0.3) is 5.91 Å². The standard InChI is InChI=1S/C11H9N3O3/c12-10-4-8(14-17-10)6-1-2-7-9(3-6)16-5-11(15)13-7/h1-4H,5,12H2,(H,13,15). The number of nitrogen functional groups attached to an aromatic ring is 1. The van der Waals surface area contributed by atoms with Gasteiger partial charge in [-0.25, -0.2) is 0 Å². The highest BCUT2D eigenvalue weighted by molar-refractivity contribution is 5.95. The minimum Gasteiger partial charge on any atom is -0.482 e. The lowest BCUT2D eigenvalue weighted by Crippen LogP contribution is -2.25. The third kappa shape index (κ3) is 1.69. The zero-order valence-corrected chi connectivity index (χ0v) is 8.77. The number of nitrogens with zero attached hydrogens (tertiary/aromatic N) is 1. The molecule has 0 bridgehead atoms. The fourth-order valence-electron chi connectivity index (χ4n) is 1.66. The fraction of sp³-hybridized carbons (Fsp3) is 0.0909. The second-order valence-corrected chi connectivity index (χ2v) is 3.66. The summed E-state index contributed by atoms with van der Waals surface area (Å²) in [6.45, 7) is 0.0252. The van der Waals surface area contributed by atoms with Crippen molar-refractivity contribution < 1.29 is 14.1 Å². The number of carbonyl (C=O) groups excluding carboxylic acids is 1. The molecule has 0 saturated heterocycles. The van der Waals surface area contributed by atoms with Gasteiger partial charge >= 0.3 is 0 Å². The predicted octanol–water partition coefficient (Wildman–Crippen LogP) is 1.25. The van der Waals surface area contributed by atoms with Gasteiger partial charge in [-0.3, -0.25) is 4.79 Å². The molecule has 0 aliphatic carbocycles. The molecule has 0 atom stereocenters. The molecule has 1 aliphatic rings. The van der Waals surface area contributed by atoms with Crippen LogP contribution in [0.3, 0.4) is 0 Å². The summed E-state index contributed by atoms with van der Waals surface area (Å²) < 4.78 is 10.1. The third-order valence-corrected chi connectivity index (χ3v) is 2.44. The van der Waals surface area contributed by atoms with Crippen LogP contribution in [-0.2, 0) is 4.79 Å². The Morgan fingerprint density at radius 2 is 2.24 bits per heavy atom. The molecule has 1 aromatic heterocycles. The van der Waals surface area contributed by atoms with Crippen LogP contribution in [0.15, 0.2) is 28.8 Å². The van der Waals surface area contributed by atoms with Crippen LogP contribution in [0.5, 0.6) is 5.75 Å². The molecule has 0 fully saturated rings. The maximum absolute atomic E-state index is 11.1. The van der Waals surface area contributed by atoms with E-state index in [-0.39, 0.29) is 18.4 Å². The number of fused-ring (bicyclic) bond motifs is 1. The van der Waals surface area contributed by atoms with E-state index in [9.17, 15) is 4.79 Å². The van der Waals surface area contributed by atoms with Gasteiger partial charge in [0, 0.05) is 11.6 Å². The molecule has 2 heterocycles.